The lowest BCUT2D eigenvalue weighted by Gasteiger charge is -2.07. The van der Waals surface area contributed by atoms with Gasteiger partial charge in [-0.1, -0.05) is 84.9 Å². The minimum Gasteiger partial charge on any atom is -0.506 e. The van der Waals surface area contributed by atoms with Crippen molar-refractivity contribution in [1.82, 2.24) is 9.53 Å². The molecule has 0 atom stereocenters. The van der Waals surface area contributed by atoms with Crippen LogP contribution in [-0.2, 0) is 0 Å². The molecule has 0 fully saturated rings. The highest BCUT2D eigenvalue weighted by Gasteiger charge is 2.35. The van der Waals surface area contributed by atoms with Crippen molar-refractivity contribution in [1.29, 1.82) is 0 Å². The van der Waals surface area contributed by atoms with Crippen LogP contribution in [0.15, 0.2) is 89.7 Å². The van der Waals surface area contributed by atoms with E-state index in [1.807, 2.05) is 36.4 Å². The molecule has 4 aromatic rings. The van der Waals surface area contributed by atoms with Gasteiger partial charge < -0.3 is 10.3 Å². The van der Waals surface area contributed by atoms with E-state index in [1.54, 1.807) is 0 Å². The molecule has 3 radical (unpaired) electrons. The van der Waals surface area contributed by atoms with Gasteiger partial charge in [0, 0.05) is 17.4 Å². The number of phenolic OH excluding ortho intramolecular Hbond substituents is 1. The molecule has 1 aromatic heterocycles. The number of hydrogen-bond donors (Lipinski definition) is 2. The van der Waals surface area contributed by atoms with Crippen LogP contribution in [0, 0.1) is 6.92 Å². The van der Waals surface area contributed by atoms with Crippen molar-refractivity contribution in [2.24, 2.45) is 0 Å². The molecule has 0 aliphatic rings. The molecule has 6 nitrogen and oxygen atoms in total. The van der Waals surface area contributed by atoms with Crippen molar-refractivity contribution in [2.75, 3.05) is 0 Å². The summed E-state index contributed by atoms with van der Waals surface area (Å²) >= 11 is 0. The number of carbonyl (C=O) groups excluding carboxylic acids is 1. The van der Waals surface area contributed by atoms with E-state index >= 15 is 0 Å². The second-order valence-electron chi connectivity index (χ2n) is 7.73. The highest BCUT2D eigenvalue weighted by atomic mass is 27.0. The number of para-hydroxylation sites is 2. The molecule has 189 valence electrons. The van der Waals surface area contributed by atoms with Gasteiger partial charge >= 0.3 is 6.18 Å². The molecule has 10 heteroatoms. The number of rotatable bonds is 5. The van der Waals surface area contributed by atoms with E-state index in [1.165, 1.54) is 35.4 Å². The van der Waals surface area contributed by atoms with Crippen LogP contribution in [0.3, 0.4) is 0 Å². The number of phenols is 1. The summed E-state index contributed by atoms with van der Waals surface area (Å²) in [4.78, 5) is 24.1. The summed E-state index contributed by atoms with van der Waals surface area (Å²) in [5.41, 5.74) is 0.0400. The smallest absolute Gasteiger partial charge is 0.396 e. The van der Waals surface area contributed by atoms with E-state index in [2.05, 4.69) is 36.4 Å². The number of hydrogen-bond acceptors (Lipinski definition) is 4. The van der Waals surface area contributed by atoms with Crippen molar-refractivity contribution < 1.29 is 28.3 Å². The van der Waals surface area contributed by atoms with Crippen LogP contribution in [0.1, 0.15) is 33.6 Å². The maximum atomic E-state index is 12.3. The van der Waals surface area contributed by atoms with Crippen molar-refractivity contribution in [3.8, 4) is 11.4 Å². The third-order valence-electron chi connectivity index (χ3n) is 5.07. The number of carbonyl (C=O) groups is 1. The van der Waals surface area contributed by atoms with Crippen LogP contribution in [0.4, 0.5) is 13.2 Å². The van der Waals surface area contributed by atoms with E-state index in [-0.39, 0.29) is 39.3 Å². The fraction of sp³-hybridized carbons (Fsp3) is 0.111. The molecule has 1 heterocycles. The summed E-state index contributed by atoms with van der Waals surface area (Å²) in [6, 6.07) is 26.0. The van der Waals surface area contributed by atoms with Gasteiger partial charge in [0.2, 0.25) is 0 Å². The van der Waals surface area contributed by atoms with Crippen LogP contribution in [-0.4, -0.2) is 49.2 Å². The van der Waals surface area contributed by atoms with Crippen molar-refractivity contribution >= 4 is 35.3 Å². The van der Waals surface area contributed by atoms with Gasteiger partial charge in [-0.15, -0.1) is 4.85 Å². The Morgan fingerprint density at radius 3 is 1.78 bits per heavy atom. The molecule has 0 spiro atoms. The maximum absolute atomic E-state index is 12.3. The summed E-state index contributed by atoms with van der Waals surface area (Å²) in [6.07, 6.45) is -2.34. The summed E-state index contributed by atoms with van der Waals surface area (Å²) in [5.74, 6) is -1.83. The van der Waals surface area contributed by atoms with E-state index in [0.717, 1.165) is 6.92 Å². The number of Topliss-reactive ketones (excluding diaryl/α,β-unsaturated/α-hetero) is 1. The van der Waals surface area contributed by atoms with Crippen molar-refractivity contribution in [2.45, 2.75) is 19.5 Å². The largest absolute Gasteiger partial charge is 0.506 e. The number of aromatic hydroxyl groups is 1. The summed E-state index contributed by atoms with van der Waals surface area (Å²) in [7, 11) is 0. The van der Waals surface area contributed by atoms with Gasteiger partial charge in [0.25, 0.3) is 5.56 Å². The third kappa shape index (κ3) is 7.74. The molecular formula is C27H23AlF3N2O4. The molecule has 3 aromatic carbocycles. The number of aromatic nitrogens is 2. The van der Waals surface area contributed by atoms with Crippen LogP contribution in [0.25, 0.3) is 17.8 Å². The zero-order valence-electron chi connectivity index (χ0n) is 19.8. The Morgan fingerprint density at radius 2 is 1.32 bits per heavy atom. The van der Waals surface area contributed by atoms with Crippen molar-refractivity contribution in [3.63, 3.8) is 0 Å². The second-order valence-corrected chi connectivity index (χ2v) is 7.73. The normalized spacial score (nSPS) is 10.9. The first-order valence-electron chi connectivity index (χ1n) is 10.8. The first-order chi connectivity index (χ1) is 17.1. The minimum atomic E-state index is -4.77. The third-order valence-corrected chi connectivity index (χ3v) is 5.07. The number of halogens is 3. The second kappa shape index (κ2) is 12.8. The van der Waals surface area contributed by atoms with Gasteiger partial charge in [-0.3, -0.25) is 9.59 Å². The quantitative estimate of drug-likeness (QED) is 0.157. The van der Waals surface area contributed by atoms with Crippen LogP contribution >= 0.6 is 0 Å². The zero-order valence-corrected chi connectivity index (χ0v) is 20.9. The fourth-order valence-electron chi connectivity index (χ4n) is 3.36. The maximum Gasteiger partial charge on any atom is 0.396 e. The number of alkyl halides is 3. The number of nitrogens with zero attached hydrogens (tertiary/aromatic N) is 2. The Kier molecular flexibility index (Phi) is 10.1. The molecule has 0 aliphatic heterocycles. The lowest BCUT2D eigenvalue weighted by atomic mass is 10.1. The van der Waals surface area contributed by atoms with Crippen LogP contribution < -0.4 is 5.56 Å². The standard InChI is InChI=1S/C14H12.C13H11F3N2O4.Al/c1-3-7-13(8-4-1)11-12-14-9-5-2-6-10-14;1-7-11(10(20)6-13(14,15)16)12(21)17(18(7)22)8-4-2-3-5-9(8)19;/h1-12H;2-5,19,22H,6H2,1H3;. The SMILES string of the molecule is C(=Cc1ccccc1)c1ccccc1.Cc1c(C(=O)CC(F)(F)F)c(=O)n(-c2ccccc2O)n1O.[Al]. The van der Waals surface area contributed by atoms with E-state index < -0.39 is 29.5 Å². The molecule has 0 amide bonds. The van der Waals surface area contributed by atoms with Gasteiger partial charge in [-0.25, -0.2) is 0 Å². The Balaban J connectivity index is 0.000000277. The molecule has 0 unspecified atom stereocenters. The Bertz CT molecular complexity index is 1370. The van der Waals surface area contributed by atoms with Gasteiger partial charge in [0.15, 0.2) is 5.78 Å². The highest BCUT2D eigenvalue weighted by Crippen LogP contribution is 2.24. The molecule has 0 saturated carbocycles. The fourth-order valence-corrected chi connectivity index (χ4v) is 3.36. The predicted octanol–water partition coefficient (Wildman–Crippen LogP) is 5.50. The molecule has 2 N–H and O–H groups in total. The Morgan fingerprint density at radius 1 is 0.865 bits per heavy atom. The van der Waals surface area contributed by atoms with E-state index in [9.17, 15) is 33.1 Å². The average Bonchev–Trinajstić information content (AvgIpc) is 3.07. The van der Waals surface area contributed by atoms with Crippen LogP contribution in [0.2, 0.25) is 0 Å². The van der Waals surface area contributed by atoms with E-state index in [4.69, 9.17) is 0 Å². The van der Waals surface area contributed by atoms with Crippen molar-refractivity contribution in [3.05, 3.63) is 118 Å². The predicted molar refractivity (Wildman–Crippen MR) is 136 cm³/mol. The number of ketones is 1. The molecule has 0 bridgehead atoms. The summed E-state index contributed by atoms with van der Waals surface area (Å²) in [6.45, 7) is 1.13. The molecule has 37 heavy (non-hydrogen) atoms. The summed E-state index contributed by atoms with van der Waals surface area (Å²) in [5, 5.41) is 19.5. The molecule has 4 rings (SSSR count). The molecule has 0 saturated heterocycles. The Labute approximate surface area is 221 Å². The number of benzene rings is 3. The molecule has 0 aliphatic carbocycles. The van der Waals surface area contributed by atoms with Crippen LogP contribution in [0.5, 0.6) is 5.75 Å². The topological polar surface area (TPSA) is 84.5 Å². The van der Waals surface area contributed by atoms with Gasteiger partial charge in [-0.05, 0) is 30.2 Å². The summed E-state index contributed by atoms with van der Waals surface area (Å²) < 4.78 is 37.5. The lowest BCUT2D eigenvalue weighted by Crippen LogP contribution is -2.25. The monoisotopic (exact) mass is 523 g/mol. The highest BCUT2D eigenvalue weighted by molar-refractivity contribution is 5.97. The van der Waals surface area contributed by atoms with Gasteiger partial charge in [0.1, 0.15) is 23.4 Å². The van der Waals surface area contributed by atoms with E-state index in [0.29, 0.717) is 4.68 Å². The Hall–Kier alpha value is -4.00. The first kappa shape index (κ1) is 29.2. The van der Waals surface area contributed by atoms with Gasteiger partial charge in [0.05, 0.1) is 5.69 Å². The lowest BCUT2D eigenvalue weighted by molar-refractivity contribution is -0.125. The average molecular weight is 523 g/mol. The molecular weight excluding hydrogens is 500 g/mol. The first-order valence-corrected chi connectivity index (χ1v) is 10.8. The zero-order chi connectivity index (χ0) is 26.3. The minimum absolute atomic E-state index is 0. The van der Waals surface area contributed by atoms with Gasteiger partial charge in [-0.2, -0.15) is 17.9 Å².